The molecule has 8 nitrogen and oxygen atoms in total. The van der Waals surface area contributed by atoms with Gasteiger partial charge in [0, 0.05) is 24.8 Å². The number of amides is 1. The van der Waals surface area contributed by atoms with Crippen LogP contribution < -0.4 is 15.4 Å². The highest BCUT2D eigenvalue weighted by Gasteiger charge is 2.21. The van der Waals surface area contributed by atoms with Gasteiger partial charge < -0.3 is 25.3 Å². The first-order valence-corrected chi connectivity index (χ1v) is 11.6. The zero-order chi connectivity index (χ0) is 22.8. The van der Waals surface area contributed by atoms with E-state index in [1.165, 1.54) is 0 Å². The predicted octanol–water partition coefficient (Wildman–Crippen LogP) is 3.64. The number of halogens is 1. The summed E-state index contributed by atoms with van der Waals surface area (Å²) in [5, 5.41) is 6.26. The Morgan fingerprint density at radius 1 is 1.28 bits per heavy atom. The first-order chi connectivity index (χ1) is 15.4. The van der Waals surface area contributed by atoms with Gasteiger partial charge in [-0.05, 0) is 86.0 Å². The Hall–Kier alpha value is -2.65. The predicted molar refractivity (Wildman–Crippen MR) is 130 cm³/mol. The van der Waals surface area contributed by atoms with Gasteiger partial charge in [-0.15, -0.1) is 0 Å². The molecule has 1 amide bonds. The molecule has 0 aliphatic carbocycles. The van der Waals surface area contributed by atoms with Crippen molar-refractivity contribution in [2.75, 3.05) is 39.1 Å². The van der Waals surface area contributed by atoms with Crippen LogP contribution in [0.1, 0.15) is 24.0 Å². The third-order valence-electron chi connectivity index (χ3n) is 5.89. The van der Waals surface area contributed by atoms with Gasteiger partial charge in [-0.3, -0.25) is 4.79 Å². The lowest BCUT2D eigenvalue weighted by atomic mass is 10.1. The van der Waals surface area contributed by atoms with Crippen molar-refractivity contribution in [3.63, 3.8) is 0 Å². The molecule has 0 atom stereocenters. The highest BCUT2D eigenvalue weighted by atomic mass is 79.9. The summed E-state index contributed by atoms with van der Waals surface area (Å²) in [5.41, 5.74) is 5.39. The molecule has 1 aliphatic heterocycles. The molecule has 0 spiro atoms. The van der Waals surface area contributed by atoms with Crippen LogP contribution in [-0.4, -0.2) is 65.6 Å². The third kappa shape index (κ3) is 4.73. The number of likely N-dealkylation sites (tertiary alicyclic amines) is 1. The van der Waals surface area contributed by atoms with Crippen LogP contribution in [-0.2, 0) is 4.79 Å². The number of likely N-dealkylation sites (N-methyl/N-ethyl adjacent to an activating group) is 1. The molecule has 9 heteroatoms. The molecular weight excluding hydrogens is 472 g/mol. The average molecular weight is 501 g/mol. The van der Waals surface area contributed by atoms with E-state index >= 15 is 0 Å². The lowest BCUT2D eigenvalue weighted by Crippen LogP contribution is -2.36. The van der Waals surface area contributed by atoms with E-state index in [1.807, 2.05) is 32.2 Å². The molecule has 0 saturated carbocycles. The van der Waals surface area contributed by atoms with Crippen molar-refractivity contribution < 1.29 is 9.53 Å². The molecule has 32 heavy (non-hydrogen) atoms. The molecule has 0 unspecified atom stereocenters. The molecule has 1 aromatic carbocycles. The molecular formula is C23H29BrN6O2. The number of anilines is 1. The maximum atomic E-state index is 11.5. The Kier molecular flexibility index (Phi) is 6.66. The number of piperidine rings is 1. The monoisotopic (exact) mass is 500 g/mol. The summed E-state index contributed by atoms with van der Waals surface area (Å²) in [4.78, 5) is 26.7. The van der Waals surface area contributed by atoms with E-state index in [4.69, 9.17) is 9.72 Å². The van der Waals surface area contributed by atoms with Gasteiger partial charge in [-0.2, -0.15) is 0 Å². The van der Waals surface area contributed by atoms with Crippen LogP contribution in [0.3, 0.4) is 0 Å². The first kappa shape index (κ1) is 22.5. The summed E-state index contributed by atoms with van der Waals surface area (Å²) in [6.07, 6.45) is 4.01. The molecule has 4 rings (SSSR count). The molecule has 2 aromatic heterocycles. The number of pyridine rings is 1. The molecule has 3 N–H and O–H groups in total. The minimum atomic E-state index is -0.161. The molecule has 1 saturated heterocycles. The topological polar surface area (TPSA) is 95.2 Å². The van der Waals surface area contributed by atoms with Gasteiger partial charge in [0.1, 0.15) is 17.1 Å². The molecule has 3 heterocycles. The number of benzene rings is 1. The molecule has 3 aromatic rings. The van der Waals surface area contributed by atoms with Crippen LogP contribution in [0.5, 0.6) is 5.75 Å². The summed E-state index contributed by atoms with van der Waals surface area (Å²) in [5.74, 6) is 1.31. The second-order valence-corrected chi connectivity index (χ2v) is 9.24. The number of imidazole rings is 1. The van der Waals surface area contributed by atoms with E-state index in [9.17, 15) is 4.79 Å². The van der Waals surface area contributed by atoms with Gasteiger partial charge in [-0.1, -0.05) is 0 Å². The second kappa shape index (κ2) is 9.46. The van der Waals surface area contributed by atoms with E-state index < -0.39 is 0 Å². The number of aryl methyl sites for hydroxylation is 2. The lowest BCUT2D eigenvalue weighted by molar-refractivity contribution is -0.122. The second-order valence-electron chi connectivity index (χ2n) is 8.39. The van der Waals surface area contributed by atoms with Crippen molar-refractivity contribution in [2.45, 2.75) is 32.7 Å². The van der Waals surface area contributed by atoms with E-state index in [0.29, 0.717) is 6.04 Å². The van der Waals surface area contributed by atoms with Crippen molar-refractivity contribution in [3.8, 4) is 17.1 Å². The van der Waals surface area contributed by atoms with Crippen LogP contribution in [0.2, 0.25) is 0 Å². The van der Waals surface area contributed by atoms with Gasteiger partial charge in [-0.25, -0.2) is 9.97 Å². The Bertz CT molecular complexity index is 1110. The highest BCUT2D eigenvalue weighted by Crippen LogP contribution is 2.34. The summed E-state index contributed by atoms with van der Waals surface area (Å²) in [6, 6.07) is 4.45. The van der Waals surface area contributed by atoms with Crippen molar-refractivity contribution in [1.82, 2.24) is 25.2 Å². The summed E-state index contributed by atoms with van der Waals surface area (Å²) < 4.78 is 6.63. The van der Waals surface area contributed by atoms with Crippen molar-refractivity contribution in [1.29, 1.82) is 0 Å². The first-order valence-electron chi connectivity index (χ1n) is 10.8. The fraction of sp³-hybridized carbons (Fsp3) is 0.435. The van der Waals surface area contributed by atoms with Crippen LogP contribution in [0.25, 0.3) is 22.6 Å². The third-order valence-corrected chi connectivity index (χ3v) is 6.50. The number of carbonyl (C=O) groups is 1. The number of aromatic nitrogens is 3. The number of nitrogens with one attached hydrogen (secondary N) is 3. The number of H-pyrrole nitrogens is 1. The van der Waals surface area contributed by atoms with Gasteiger partial charge in [0.05, 0.1) is 10.2 Å². The average Bonchev–Trinajstić information content (AvgIpc) is 3.21. The molecule has 170 valence electrons. The number of carbonyl (C=O) groups excluding carboxylic acids is 1. The van der Waals surface area contributed by atoms with Crippen molar-refractivity contribution in [3.05, 3.63) is 33.9 Å². The van der Waals surface area contributed by atoms with Gasteiger partial charge in [0.2, 0.25) is 0 Å². The summed E-state index contributed by atoms with van der Waals surface area (Å²) >= 11 is 3.65. The van der Waals surface area contributed by atoms with Crippen LogP contribution >= 0.6 is 15.9 Å². The maximum absolute atomic E-state index is 11.5. The molecule has 0 bridgehead atoms. The standard InChI is InChI=1S/C23H29BrN6O2/c1-13-9-15(10-14(2)21(13)32-12-18(31)25-3)22-28-20-19(17(24)11-26-23(20)29-22)27-16-5-7-30(4)8-6-16/h9-11,16H,5-8,12H2,1-4H3,(H,25,31)(H2,26,27,28,29). The van der Waals surface area contributed by atoms with Crippen molar-refractivity contribution in [2.24, 2.45) is 0 Å². The minimum absolute atomic E-state index is 0.00784. The highest BCUT2D eigenvalue weighted by molar-refractivity contribution is 9.10. The lowest BCUT2D eigenvalue weighted by Gasteiger charge is -2.30. The number of aromatic amines is 1. The quantitative estimate of drug-likeness (QED) is 0.478. The number of fused-ring (bicyclic) bond motifs is 1. The number of nitrogens with zero attached hydrogens (tertiary/aromatic N) is 3. The molecule has 1 aliphatic rings. The molecule has 1 fully saturated rings. The Morgan fingerprint density at radius 2 is 1.97 bits per heavy atom. The van der Waals surface area contributed by atoms with Gasteiger partial charge in [0.15, 0.2) is 12.3 Å². The fourth-order valence-electron chi connectivity index (χ4n) is 4.09. The normalized spacial score (nSPS) is 15.2. The Balaban J connectivity index is 1.63. The van der Waals surface area contributed by atoms with Crippen LogP contribution in [0.15, 0.2) is 22.8 Å². The number of hydrogen-bond acceptors (Lipinski definition) is 6. The van der Waals surface area contributed by atoms with Crippen molar-refractivity contribution >= 4 is 38.7 Å². The summed E-state index contributed by atoms with van der Waals surface area (Å²) in [6.45, 7) is 6.11. The van der Waals surface area contributed by atoms with Gasteiger partial charge >= 0.3 is 0 Å². The smallest absolute Gasteiger partial charge is 0.257 e. The van der Waals surface area contributed by atoms with Crippen LogP contribution in [0.4, 0.5) is 5.69 Å². The molecule has 0 radical (unpaired) electrons. The number of rotatable bonds is 6. The number of hydrogen-bond donors (Lipinski definition) is 3. The SMILES string of the molecule is CNC(=O)COc1c(C)cc(-c2nc3c(NC4CCN(C)CC4)c(Br)cnc3[nH]2)cc1C. The Morgan fingerprint density at radius 3 is 2.62 bits per heavy atom. The maximum Gasteiger partial charge on any atom is 0.257 e. The van der Waals surface area contributed by atoms with E-state index in [2.05, 4.69) is 48.5 Å². The zero-order valence-corrected chi connectivity index (χ0v) is 20.5. The van der Waals surface area contributed by atoms with E-state index in [-0.39, 0.29) is 12.5 Å². The van der Waals surface area contributed by atoms with E-state index in [0.717, 1.165) is 75.5 Å². The Labute approximate surface area is 196 Å². The van der Waals surface area contributed by atoms with Gasteiger partial charge in [0.25, 0.3) is 5.91 Å². The summed E-state index contributed by atoms with van der Waals surface area (Å²) in [7, 11) is 3.76. The van der Waals surface area contributed by atoms with E-state index in [1.54, 1.807) is 7.05 Å². The largest absolute Gasteiger partial charge is 0.483 e. The zero-order valence-electron chi connectivity index (χ0n) is 18.9. The fourth-order valence-corrected chi connectivity index (χ4v) is 4.49. The van der Waals surface area contributed by atoms with Crippen LogP contribution in [0, 0.1) is 13.8 Å². The minimum Gasteiger partial charge on any atom is -0.483 e. The number of ether oxygens (including phenoxy) is 1.